The number of benzene rings is 4. The van der Waals surface area contributed by atoms with E-state index in [9.17, 15) is 14.0 Å². The van der Waals surface area contributed by atoms with E-state index in [1.54, 1.807) is 67.8 Å². The third-order valence-corrected chi connectivity index (χ3v) is 6.63. The highest BCUT2D eigenvalue weighted by molar-refractivity contribution is 6.30. The Labute approximate surface area is 234 Å². The first kappa shape index (κ1) is 26.8. The number of hydrogen-bond donors (Lipinski definition) is 1. The molecule has 1 aromatic heterocycles. The molecule has 1 N–H and O–H groups in total. The summed E-state index contributed by atoms with van der Waals surface area (Å²) in [5.41, 5.74) is 2.86. The number of ether oxygens (including phenoxy) is 1. The first-order valence-corrected chi connectivity index (χ1v) is 12.8. The van der Waals surface area contributed by atoms with E-state index < -0.39 is 23.7 Å². The Morgan fingerprint density at radius 1 is 1.00 bits per heavy atom. The minimum absolute atomic E-state index is 0.0554. The van der Waals surface area contributed by atoms with Crippen molar-refractivity contribution < 1.29 is 18.7 Å². The van der Waals surface area contributed by atoms with Gasteiger partial charge in [0.15, 0.2) is 0 Å². The number of anilines is 1. The highest BCUT2D eigenvalue weighted by Gasteiger charge is 2.32. The van der Waals surface area contributed by atoms with Gasteiger partial charge >= 0.3 is 0 Å². The maximum Gasteiger partial charge on any atom is 0.251 e. The Bertz CT molecular complexity index is 1640. The van der Waals surface area contributed by atoms with Crippen LogP contribution in [0, 0.1) is 5.82 Å². The molecular weight excluding hydrogens is 533 g/mol. The molecular formula is C30H25ClFN5O3. The highest BCUT2D eigenvalue weighted by Crippen LogP contribution is 2.28. The van der Waals surface area contributed by atoms with E-state index in [1.165, 1.54) is 27.8 Å². The van der Waals surface area contributed by atoms with Crippen LogP contribution in [0.1, 0.15) is 17.2 Å². The lowest BCUT2D eigenvalue weighted by molar-refractivity contribution is -0.140. The van der Waals surface area contributed by atoms with E-state index in [1.807, 2.05) is 18.2 Å². The molecule has 0 bridgehead atoms. The lowest BCUT2D eigenvalue weighted by Crippen LogP contribution is -2.42. The molecule has 202 valence electrons. The van der Waals surface area contributed by atoms with Crippen molar-refractivity contribution in [2.24, 2.45) is 0 Å². The third-order valence-electron chi connectivity index (χ3n) is 6.37. The highest BCUT2D eigenvalue weighted by atomic mass is 35.5. The van der Waals surface area contributed by atoms with Gasteiger partial charge in [0.05, 0.1) is 12.6 Å². The number of nitrogens with zero attached hydrogens (tertiary/aromatic N) is 4. The topological polar surface area (TPSA) is 89.4 Å². The molecule has 1 unspecified atom stereocenters. The van der Waals surface area contributed by atoms with E-state index in [2.05, 4.69) is 15.6 Å². The van der Waals surface area contributed by atoms with Gasteiger partial charge in [0, 0.05) is 17.3 Å². The van der Waals surface area contributed by atoms with Gasteiger partial charge in [-0.05, 0) is 71.8 Å². The van der Waals surface area contributed by atoms with Gasteiger partial charge in [-0.2, -0.15) is 0 Å². The van der Waals surface area contributed by atoms with Crippen molar-refractivity contribution in [1.29, 1.82) is 0 Å². The second kappa shape index (κ2) is 12.0. The number of aromatic nitrogens is 3. The zero-order valence-corrected chi connectivity index (χ0v) is 22.3. The molecule has 40 heavy (non-hydrogen) atoms. The van der Waals surface area contributed by atoms with Crippen LogP contribution in [0.15, 0.2) is 97.1 Å². The van der Waals surface area contributed by atoms with Gasteiger partial charge in [-0.15, -0.1) is 5.10 Å². The molecule has 2 amide bonds. The lowest BCUT2D eigenvalue weighted by Gasteiger charge is -2.31. The number of para-hydroxylation sites is 1. The summed E-state index contributed by atoms with van der Waals surface area (Å²) < 4.78 is 21.1. The Morgan fingerprint density at radius 2 is 1.75 bits per heavy atom. The SMILES string of the molecule is COc1ccc(NC(=O)C(c2cccc(F)c2)N(Cc2ccc(Cl)cc2)C(=O)Cn2nnc3ccccc32)cc1. The van der Waals surface area contributed by atoms with E-state index in [4.69, 9.17) is 16.3 Å². The molecule has 4 aromatic carbocycles. The molecule has 0 saturated heterocycles. The average molecular weight is 558 g/mol. The summed E-state index contributed by atoms with van der Waals surface area (Å²) in [5.74, 6) is -0.827. The number of rotatable bonds is 9. The van der Waals surface area contributed by atoms with Crippen LogP contribution >= 0.6 is 11.6 Å². The number of hydrogen-bond acceptors (Lipinski definition) is 5. The summed E-state index contributed by atoms with van der Waals surface area (Å²) in [7, 11) is 1.55. The smallest absolute Gasteiger partial charge is 0.251 e. The summed E-state index contributed by atoms with van der Waals surface area (Å²) in [6.45, 7) is -0.129. The van der Waals surface area contributed by atoms with E-state index in [0.717, 1.165) is 5.56 Å². The van der Waals surface area contributed by atoms with Crippen LogP contribution in [0.2, 0.25) is 5.02 Å². The van der Waals surface area contributed by atoms with E-state index >= 15 is 0 Å². The molecule has 8 nitrogen and oxygen atoms in total. The summed E-state index contributed by atoms with van der Waals surface area (Å²) in [6.07, 6.45) is 0. The number of amides is 2. The molecule has 0 radical (unpaired) electrons. The van der Waals surface area contributed by atoms with Crippen LogP contribution in [0.4, 0.5) is 10.1 Å². The van der Waals surface area contributed by atoms with Gasteiger partial charge in [-0.1, -0.05) is 53.2 Å². The van der Waals surface area contributed by atoms with Gasteiger partial charge < -0.3 is 15.0 Å². The number of carbonyl (C=O) groups is 2. The number of nitrogens with one attached hydrogen (secondary N) is 1. The third kappa shape index (κ3) is 6.10. The van der Waals surface area contributed by atoms with Gasteiger partial charge in [-0.25, -0.2) is 9.07 Å². The molecule has 0 saturated carbocycles. The monoisotopic (exact) mass is 557 g/mol. The normalized spacial score (nSPS) is 11.7. The van der Waals surface area contributed by atoms with Crippen molar-refractivity contribution in [2.75, 3.05) is 12.4 Å². The largest absolute Gasteiger partial charge is 0.497 e. The fourth-order valence-corrected chi connectivity index (χ4v) is 4.52. The molecule has 1 atom stereocenters. The fourth-order valence-electron chi connectivity index (χ4n) is 4.40. The number of fused-ring (bicyclic) bond motifs is 1. The minimum atomic E-state index is -1.17. The number of carbonyl (C=O) groups excluding carboxylic acids is 2. The van der Waals surface area contributed by atoms with Crippen LogP contribution in [0.25, 0.3) is 11.0 Å². The number of methoxy groups -OCH3 is 1. The van der Waals surface area contributed by atoms with Crippen LogP contribution in [-0.2, 0) is 22.7 Å². The van der Waals surface area contributed by atoms with Crippen molar-refractivity contribution in [1.82, 2.24) is 19.9 Å². The van der Waals surface area contributed by atoms with Gasteiger partial charge in [-0.3, -0.25) is 9.59 Å². The summed E-state index contributed by atoms with van der Waals surface area (Å²) in [6, 6.07) is 25.5. The Morgan fingerprint density at radius 3 is 2.48 bits per heavy atom. The van der Waals surface area contributed by atoms with Crippen LogP contribution in [-0.4, -0.2) is 38.8 Å². The van der Waals surface area contributed by atoms with Gasteiger partial charge in [0.25, 0.3) is 5.91 Å². The van der Waals surface area contributed by atoms with Crippen molar-refractivity contribution in [3.05, 3.63) is 119 Å². The summed E-state index contributed by atoms with van der Waals surface area (Å²) in [4.78, 5) is 29.3. The maximum atomic E-state index is 14.4. The van der Waals surface area contributed by atoms with Crippen molar-refractivity contribution in [2.45, 2.75) is 19.1 Å². The molecule has 10 heteroatoms. The maximum absolute atomic E-state index is 14.4. The zero-order chi connectivity index (χ0) is 28.1. The molecule has 0 aliphatic carbocycles. The molecule has 0 spiro atoms. The predicted molar refractivity (Wildman–Crippen MR) is 150 cm³/mol. The minimum Gasteiger partial charge on any atom is -0.497 e. The first-order valence-electron chi connectivity index (χ1n) is 12.4. The first-order chi connectivity index (χ1) is 19.4. The fraction of sp³-hybridized carbons (Fsp3) is 0.133. The molecule has 5 aromatic rings. The molecule has 1 heterocycles. The predicted octanol–water partition coefficient (Wildman–Crippen LogP) is 5.64. The molecule has 0 aliphatic heterocycles. The van der Waals surface area contributed by atoms with Crippen LogP contribution < -0.4 is 10.1 Å². The molecule has 5 rings (SSSR count). The standard InChI is InChI=1S/C30H25ClFN5O3/c1-40-25-15-13-24(14-16-25)33-30(39)29(21-5-4-6-23(32)17-21)36(18-20-9-11-22(31)12-10-20)28(38)19-37-27-8-3-2-7-26(27)34-35-37/h2-17,29H,18-19H2,1H3,(H,33,39). The van der Waals surface area contributed by atoms with Crippen molar-refractivity contribution in [3.63, 3.8) is 0 Å². The lowest BCUT2D eigenvalue weighted by atomic mass is 10.0. The second-order valence-electron chi connectivity index (χ2n) is 9.06. The number of halogens is 2. The van der Waals surface area contributed by atoms with Crippen LogP contribution in [0.5, 0.6) is 5.75 Å². The summed E-state index contributed by atoms with van der Waals surface area (Å²) >= 11 is 6.09. The second-order valence-corrected chi connectivity index (χ2v) is 9.50. The van der Waals surface area contributed by atoms with E-state index in [-0.39, 0.29) is 13.1 Å². The van der Waals surface area contributed by atoms with Crippen molar-refractivity contribution in [3.8, 4) is 5.75 Å². The Balaban J connectivity index is 1.54. The van der Waals surface area contributed by atoms with Crippen molar-refractivity contribution >= 4 is 40.1 Å². The molecule has 0 aliphatic rings. The van der Waals surface area contributed by atoms with Crippen LogP contribution in [0.3, 0.4) is 0 Å². The Kier molecular flexibility index (Phi) is 8.02. The average Bonchev–Trinajstić information content (AvgIpc) is 3.37. The summed E-state index contributed by atoms with van der Waals surface area (Å²) in [5, 5.41) is 11.7. The molecule has 0 fully saturated rings. The van der Waals surface area contributed by atoms with Gasteiger partial charge in [0.2, 0.25) is 5.91 Å². The van der Waals surface area contributed by atoms with E-state index in [0.29, 0.717) is 33.1 Å². The van der Waals surface area contributed by atoms with Gasteiger partial charge in [0.1, 0.15) is 29.7 Å². The zero-order valence-electron chi connectivity index (χ0n) is 21.5. The quantitative estimate of drug-likeness (QED) is 0.253. The Hall–Kier alpha value is -4.76.